The lowest BCUT2D eigenvalue weighted by molar-refractivity contribution is 0.325. The van der Waals surface area contributed by atoms with Crippen LogP contribution in [0.1, 0.15) is 25.8 Å². The maximum Gasteiger partial charge on any atom is 0.244 e. The SMILES string of the molecule is CC(C)[C@H](N)c1nc(-c2cccc3ccccc23)no1.Cl. The maximum atomic E-state index is 6.05. The minimum Gasteiger partial charge on any atom is -0.337 e. The molecule has 5 heteroatoms. The van der Waals surface area contributed by atoms with Gasteiger partial charge in [-0.25, -0.2) is 0 Å². The lowest BCUT2D eigenvalue weighted by atomic mass is 10.0. The molecule has 1 aromatic heterocycles. The van der Waals surface area contributed by atoms with Crippen molar-refractivity contribution in [2.45, 2.75) is 19.9 Å². The number of rotatable bonds is 3. The average Bonchev–Trinajstić information content (AvgIpc) is 2.95. The molecule has 0 fully saturated rings. The van der Waals surface area contributed by atoms with Gasteiger partial charge in [0.2, 0.25) is 11.7 Å². The fourth-order valence-electron chi connectivity index (χ4n) is 2.19. The van der Waals surface area contributed by atoms with E-state index in [1.807, 2.05) is 38.1 Å². The first-order chi connectivity index (χ1) is 9.66. The summed E-state index contributed by atoms with van der Waals surface area (Å²) in [5.41, 5.74) is 7.01. The number of benzene rings is 2. The summed E-state index contributed by atoms with van der Waals surface area (Å²) >= 11 is 0. The highest BCUT2D eigenvalue weighted by molar-refractivity contribution is 5.94. The van der Waals surface area contributed by atoms with Crippen molar-refractivity contribution in [3.8, 4) is 11.4 Å². The quantitative estimate of drug-likeness (QED) is 0.795. The van der Waals surface area contributed by atoms with E-state index in [9.17, 15) is 0 Å². The molecular weight excluding hydrogens is 286 g/mol. The van der Waals surface area contributed by atoms with E-state index in [0.29, 0.717) is 11.7 Å². The second kappa shape index (κ2) is 6.24. The van der Waals surface area contributed by atoms with Gasteiger partial charge in [0.05, 0.1) is 6.04 Å². The van der Waals surface area contributed by atoms with Crippen LogP contribution in [0.15, 0.2) is 47.0 Å². The van der Waals surface area contributed by atoms with Gasteiger partial charge in [-0.3, -0.25) is 0 Å². The predicted molar refractivity (Wildman–Crippen MR) is 86.3 cm³/mol. The van der Waals surface area contributed by atoms with Crippen LogP contribution in [0.25, 0.3) is 22.2 Å². The van der Waals surface area contributed by atoms with Crippen LogP contribution in [0, 0.1) is 5.92 Å². The zero-order chi connectivity index (χ0) is 14.1. The number of nitrogens with two attached hydrogens (primary N) is 1. The minimum absolute atomic E-state index is 0. The van der Waals surface area contributed by atoms with Gasteiger partial charge in [0.15, 0.2) is 0 Å². The van der Waals surface area contributed by atoms with E-state index in [1.54, 1.807) is 0 Å². The van der Waals surface area contributed by atoms with Crippen LogP contribution in [-0.2, 0) is 0 Å². The van der Waals surface area contributed by atoms with E-state index in [2.05, 4.69) is 28.3 Å². The molecule has 0 aliphatic heterocycles. The number of aromatic nitrogens is 2. The fraction of sp³-hybridized carbons (Fsp3) is 0.250. The van der Waals surface area contributed by atoms with Crippen molar-refractivity contribution in [2.75, 3.05) is 0 Å². The van der Waals surface area contributed by atoms with Gasteiger partial charge in [-0.1, -0.05) is 61.5 Å². The van der Waals surface area contributed by atoms with Gasteiger partial charge in [0, 0.05) is 5.56 Å². The van der Waals surface area contributed by atoms with Crippen molar-refractivity contribution in [3.05, 3.63) is 48.4 Å². The Morgan fingerprint density at radius 3 is 2.52 bits per heavy atom. The van der Waals surface area contributed by atoms with E-state index in [1.165, 1.54) is 0 Å². The normalized spacial score (nSPS) is 12.4. The summed E-state index contributed by atoms with van der Waals surface area (Å²) in [6.07, 6.45) is 0. The third-order valence-electron chi connectivity index (χ3n) is 3.48. The molecule has 0 saturated carbocycles. The molecule has 0 unspecified atom stereocenters. The molecule has 0 aliphatic carbocycles. The molecule has 0 bridgehead atoms. The summed E-state index contributed by atoms with van der Waals surface area (Å²) in [5.74, 6) is 1.34. The minimum atomic E-state index is -0.230. The van der Waals surface area contributed by atoms with E-state index in [4.69, 9.17) is 10.3 Å². The summed E-state index contributed by atoms with van der Waals surface area (Å²) in [5, 5.41) is 6.34. The highest BCUT2D eigenvalue weighted by Gasteiger charge is 2.19. The number of hydrogen-bond acceptors (Lipinski definition) is 4. The van der Waals surface area contributed by atoms with Crippen molar-refractivity contribution in [3.63, 3.8) is 0 Å². The Bertz CT molecular complexity index is 734. The first-order valence-electron chi connectivity index (χ1n) is 6.74. The molecule has 0 spiro atoms. The maximum absolute atomic E-state index is 6.05. The largest absolute Gasteiger partial charge is 0.337 e. The van der Waals surface area contributed by atoms with Gasteiger partial charge in [0.1, 0.15) is 0 Å². The standard InChI is InChI=1S/C16H17N3O.ClH/c1-10(2)14(17)16-18-15(19-20-16)13-9-5-7-11-6-3-4-8-12(11)13;/h3-10,14H,17H2,1-2H3;1H/t14-;/m0./s1. The van der Waals surface area contributed by atoms with Gasteiger partial charge in [-0.2, -0.15) is 4.98 Å². The van der Waals surface area contributed by atoms with Crippen molar-refractivity contribution in [1.82, 2.24) is 10.1 Å². The highest BCUT2D eigenvalue weighted by Crippen LogP contribution is 2.27. The molecular formula is C16H18ClN3O. The highest BCUT2D eigenvalue weighted by atomic mass is 35.5. The summed E-state index contributed by atoms with van der Waals surface area (Å²) in [6.45, 7) is 4.07. The summed E-state index contributed by atoms with van der Waals surface area (Å²) in [4.78, 5) is 4.45. The summed E-state index contributed by atoms with van der Waals surface area (Å²) < 4.78 is 5.30. The molecule has 0 aliphatic rings. The molecule has 1 atom stereocenters. The third kappa shape index (κ3) is 2.91. The average molecular weight is 304 g/mol. The van der Waals surface area contributed by atoms with Gasteiger partial charge < -0.3 is 10.3 Å². The van der Waals surface area contributed by atoms with E-state index in [-0.39, 0.29) is 24.4 Å². The molecule has 110 valence electrons. The smallest absolute Gasteiger partial charge is 0.244 e. The molecule has 4 nitrogen and oxygen atoms in total. The van der Waals surface area contributed by atoms with Crippen LogP contribution in [0.3, 0.4) is 0 Å². The van der Waals surface area contributed by atoms with Gasteiger partial charge in [-0.05, 0) is 16.7 Å². The van der Waals surface area contributed by atoms with E-state index < -0.39 is 0 Å². The van der Waals surface area contributed by atoms with E-state index >= 15 is 0 Å². The molecule has 0 radical (unpaired) electrons. The topological polar surface area (TPSA) is 64.9 Å². The van der Waals surface area contributed by atoms with Gasteiger partial charge in [0.25, 0.3) is 0 Å². The molecule has 3 rings (SSSR count). The van der Waals surface area contributed by atoms with Crippen molar-refractivity contribution < 1.29 is 4.52 Å². The Labute approximate surface area is 129 Å². The third-order valence-corrected chi connectivity index (χ3v) is 3.48. The molecule has 1 heterocycles. The molecule has 2 aromatic carbocycles. The Balaban J connectivity index is 0.00000161. The van der Waals surface area contributed by atoms with Gasteiger partial charge >= 0.3 is 0 Å². The first kappa shape index (κ1) is 15.5. The first-order valence-corrected chi connectivity index (χ1v) is 6.74. The van der Waals surface area contributed by atoms with Crippen molar-refractivity contribution in [1.29, 1.82) is 0 Å². The number of fused-ring (bicyclic) bond motifs is 1. The number of halogens is 1. The summed E-state index contributed by atoms with van der Waals surface area (Å²) in [6, 6.07) is 14.0. The Morgan fingerprint density at radius 2 is 1.76 bits per heavy atom. The van der Waals surface area contributed by atoms with Crippen molar-refractivity contribution >= 4 is 23.2 Å². The van der Waals surface area contributed by atoms with Crippen LogP contribution < -0.4 is 5.73 Å². The monoisotopic (exact) mass is 303 g/mol. The predicted octanol–water partition coefficient (Wildman–Crippen LogP) is 3.97. The Kier molecular flexibility index (Phi) is 4.60. The molecule has 0 saturated heterocycles. The van der Waals surface area contributed by atoms with Crippen LogP contribution in [0.5, 0.6) is 0 Å². The Hall–Kier alpha value is -1.91. The number of nitrogens with zero attached hydrogens (tertiary/aromatic N) is 2. The fourth-order valence-corrected chi connectivity index (χ4v) is 2.19. The number of hydrogen-bond donors (Lipinski definition) is 1. The van der Waals surface area contributed by atoms with Crippen LogP contribution in [0.4, 0.5) is 0 Å². The Morgan fingerprint density at radius 1 is 1.05 bits per heavy atom. The molecule has 2 N–H and O–H groups in total. The van der Waals surface area contributed by atoms with Crippen LogP contribution in [0.2, 0.25) is 0 Å². The lowest BCUT2D eigenvalue weighted by Crippen LogP contribution is -2.16. The van der Waals surface area contributed by atoms with Crippen LogP contribution >= 0.6 is 12.4 Å². The summed E-state index contributed by atoms with van der Waals surface area (Å²) in [7, 11) is 0. The lowest BCUT2D eigenvalue weighted by Gasteiger charge is -2.09. The van der Waals surface area contributed by atoms with Crippen molar-refractivity contribution in [2.24, 2.45) is 11.7 Å². The van der Waals surface area contributed by atoms with Crippen LogP contribution in [-0.4, -0.2) is 10.1 Å². The molecule has 21 heavy (non-hydrogen) atoms. The second-order valence-corrected chi connectivity index (χ2v) is 5.25. The molecule has 3 aromatic rings. The van der Waals surface area contributed by atoms with E-state index in [0.717, 1.165) is 16.3 Å². The van der Waals surface area contributed by atoms with Gasteiger partial charge in [-0.15, -0.1) is 12.4 Å². The zero-order valence-corrected chi connectivity index (χ0v) is 12.8. The second-order valence-electron chi connectivity index (χ2n) is 5.25. The zero-order valence-electron chi connectivity index (χ0n) is 12.0. The molecule has 0 amide bonds.